The number of ether oxygens (including phenoxy) is 1. The lowest BCUT2D eigenvalue weighted by Crippen LogP contribution is -2.52. The zero-order valence-corrected chi connectivity index (χ0v) is 14.9. The van der Waals surface area contributed by atoms with Crippen LogP contribution in [-0.2, 0) is 20.9 Å². The van der Waals surface area contributed by atoms with E-state index in [0.717, 1.165) is 13.1 Å². The van der Waals surface area contributed by atoms with Crippen LogP contribution in [0.15, 0.2) is 30.3 Å². The van der Waals surface area contributed by atoms with Crippen LogP contribution in [0.3, 0.4) is 0 Å². The number of benzene rings is 1. The highest BCUT2D eigenvalue weighted by atomic mass is 16.5. The Morgan fingerprint density at radius 3 is 2.60 bits per heavy atom. The van der Waals surface area contributed by atoms with Gasteiger partial charge in [-0.1, -0.05) is 30.3 Å². The van der Waals surface area contributed by atoms with E-state index in [1.165, 1.54) is 10.5 Å². The summed E-state index contributed by atoms with van der Waals surface area (Å²) >= 11 is 0. The van der Waals surface area contributed by atoms with Gasteiger partial charge in [0.05, 0.1) is 6.61 Å². The number of hydrogen-bond acceptors (Lipinski definition) is 5. The van der Waals surface area contributed by atoms with Gasteiger partial charge in [0.15, 0.2) is 0 Å². The quantitative estimate of drug-likeness (QED) is 0.731. The van der Waals surface area contributed by atoms with E-state index in [2.05, 4.69) is 17.0 Å². The Bertz CT molecular complexity index is 565. The van der Waals surface area contributed by atoms with Gasteiger partial charge in [-0.05, 0) is 19.7 Å². The van der Waals surface area contributed by atoms with E-state index in [4.69, 9.17) is 9.84 Å². The number of carboxylic acids is 1. The predicted molar refractivity (Wildman–Crippen MR) is 94.2 cm³/mol. The normalized spacial score (nSPS) is 18.3. The molecule has 0 spiro atoms. The first-order valence-electron chi connectivity index (χ1n) is 8.49. The number of hydrogen-bond donors (Lipinski definition) is 1. The van der Waals surface area contributed by atoms with Crippen molar-refractivity contribution < 1.29 is 19.4 Å². The summed E-state index contributed by atoms with van der Waals surface area (Å²) in [5, 5.41) is 9.08. The van der Waals surface area contributed by atoms with Gasteiger partial charge in [0.1, 0.15) is 12.6 Å². The van der Waals surface area contributed by atoms with Crippen molar-refractivity contribution >= 4 is 11.9 Å². The van der Waals surface area contributed by atoms with Crippen LogP contribution in [-0.4, -0.2) is 91.2 Å². The molecule has 0 radical (unpaired) electrons. The number of carboxylic acid groups (broad SMARTS) is 1. The minimum Gasteiger partial charge on any atom is -0.480 e. The van der Waals surface area contributed by atoms with Crippen LogP contribution in [0.4, 0.5) is 0 Å². The summed E-state index contributed by atoms with van der Waals surface area (Å²) in [6.07, 6.45) is -0.612. The molecule has 0 aliphatic carbocycles. The van der Waals surface area contributed by atoms with Gasteiger partial charge < -0.3 is 19.6 Å². The molecule has 2 rings (SSSR count). The van der Waals surface area contributed by atoms with Crippen molar-refractivity contribution in [3.8, 4) is 0 Å². The SMILES string of the molecule is CN(C)CCN(CC(=O)O)C(=O)C1CN(Cc2ccccc2)CCO1. The van der Waals surface area contributed by atoms with E-state index in [0.29, 0.717) is 26.2 Å². The van der Waals surface area contributed by atoms with Crippen LogP contribution in [0.1, 0.15) is 5.56 Å². The van der Waals surface area contributed by atoms with Gasteiger partial charge in [-0.15, -0.1) is 0 Å². The fourth-order valence-electron chi connectivity index (χ4n) is 2.79. The molecular formula is C18H27N3O4. The van der Waals surface area contributed by atoms with Gasteiger partial charge >= 0.3 is 5.97 Å². The Balaban J connectivity index is 1.96. The standard InChI is InChI=1S/C18H27N3O4/c1-19(2)8-9-21(14-17(22)23)18(24)16-13-20(10-11-25-16)12-15-6-4-3-5-7-15/h3-7,16H,8-14H2,1-2H3,(H,22,23). The molecular weight excluding hydrogens is 322 g/mol. The van der Waals surface area contributed by atoms with Crippen LogP contribution >= 0.6 is 0 Å². The van der Waals surface area contributed by atoms with Gasteiger partial charge in [0, 0.05) is 32.7 Å². The predicted octanol–water partition coefficient (Wildman–Crippen LogP) is 0.362. The molecule has 1 unspecified atom stereocenters. The molecule has 1 atom stereocenters. The lowest BCUT2D eigenvalue weighted by Gasteiger charge is -2.35. The molecule has 7 heteroatoms. The Hall–Kier alpha value is -1.96. The molecule has 0 saturated carbocycles. The summed E-state index contributed by atoms with van der Waals surface area (Å²) in [4.78, 5) is 29.3. The minimum absolute atomic E-state index is 0.248. The zero-order valence-electron chi connectivity index (χ0n) is 14.9. The highest BCUT2D eigenvalue weighted by Gasteiger charge is 2.31. The average Bonchev–Trinajstić information content (AvgIpc) is 2.58. The number of aliphatic carboxylic acids is 1. The van der Waals surface area contributed by atoms with Crippen LogP contribution in [0.25, 0.3) is 0 Å². The third kappa shape index (κ3) is 6.45. The van der Waals surface area contributed by atoms with Gasteiger partial charge in [0.25, 0.3) is 5.91 Å². The minimum atomic E-state index is -1.01. The number of morpholine rings is 1. The van der Waals surface area contributed by atoms with Crippen molar-refractivity contribution in [2.45, 2.75) is 12.6 Å². The molecule has 138 valence electrons. The molecule has 1 aromatic carbocycles. The van der Waals surface area contributed by atoms with Gasteiger partial charge in [-0.25, -0.2) is 0 Å². The highest BCUT2D eigenvalue weighted by molar-refractivity contribution is 5.85. The highest BCUT2D eigenvalue weighted by Crippen LogP contribution is 2.12. The first kappa shape index (κ1) is 19.4. The van der Waals surface area contributed by atoms with Gasteiger partial charge in [0.2, 0.25) is 0 Å². The Morgan fingerprint density at radius 1 is 1.24 bits per heavy atom. The number of rotatable bonds is 8. The number of likely N-dealkylation sites (N-methyl/N-ethyl adjacent to an activating group) is 1. The second kappa shape index (κ2) is 9.50. The topological polar surface area (TPSA) is 73.3 Å². The maximum Gasteiger partial charge on any atom is 0.323 e. The van der Waals surface area contributed by atoms with Crippen molar-refractivity contribution in [1.82, 2.24) is 14.7 Å². The van der Waals surface area contributed by atoms with E-state index in [9.17, 15) is 9.59 Å². The zero-order chi connectivity index (χ0) is 18.2. The van der Waals surface area contributed by atoms with Crippen LogP contribution in [0, 0.1) is 0 Å². The third-order valence-corrected chi connectivity index (χ3v) is 4.13. The fraction of sp³-hybridized carbons (Fsp3) is 0.556. The van der Waals surface area contributed by atoms with Crippen molar-refractivity contribution in [3.05, 3.63) is 35.9 Å². The van der Waals surface area contributed by atoms with E-state index < -0.39 is 12.1 Å². The summed E-state index contributed by atoms with van der Waals surface area (Å²) in [5.74, 6) is -1.26. The largest absolute Gasteiger partial charge is 0.480 e. The van der Waals surface area contributed by atoms with E-state index >= 15 is 0 Å². The molecule has 1 aliphatic rings. The third-order valence-electron chi connectivity index (χ3n) is 4.13. The summed E-state index contributed by atoms with van der Waals surface area (Å²) in [6.45, 7) is 3.14. The molecule has 1 N–H and O–H groups in total. The molecule has 1 heterocycles. The van der Waals surface area contributed by atoms with Crippen LogP contribution < -0.4 is 0 Å². The summed E-state index contributed by atoms with van der Waals surface area (Å²) in [5.41, 5.74) is 1.19. The van der Waals surface area contributed by atoms with E-state index in [1.54, 1.807) is 0 Å². The summed E-state index contributed by atoms with van der Waals surface area (Å²) < 4.78 is 5.64. The van der Waals surface area contributed by atoms with E-state index in [1.807, 2.05) is 37.2 Å². The molecule has 7 nitrogen and oxygen atoms in total. The van der Waals surface area contributed by atoms with Crippen molar-refractivity contribution in [1.29, 1.82) is 0 Å². The molecule has 25 heavy (non-hydrogen) atoms. The van der Waals surface area contributed by atoms with Crippen molar-refractivity contribution in [3.63, 3.8) is 0 Å². The molecule has 0 aromatic heterocycles. The smallest absolute Gasteiger partial charge is 0.323 e. The van der Waals surface area contributed by atoms with Crippen molar-refractivity contribution in [2.75, 3.05) is 53.4 Å². The Morgan fingerprint density at radius 2 is 1.96 bits per heavy atom. The first-order valence-corrected chi connectivity index (χ1v) is 8.49. The maximum absolute atomic E-state index is 12.7. The number of amides is 1. The molecule has 1 fully saturated rings. The lowest BCUT2D eigenvalue weighted by atomic mass is 10.1. The van der Waals surface area contributed by atoms with Crippen LogP contribution in [0.2, 0.25) is 0 Å². The fourth-order valence-corrected chi connectivity index (χ4v) is 2.79. The van der Waals surface area contributed by atoms with Gasteiger partial charge in [-0.2, -0.15) is 0 Å². The first-order chi connectivity index (χ1) is 12.0. The molecule has 1 saturated heterocycles. The lowest BCUT2D eigenvalue weighted by molar-refractivity contribution is -0.155. The van der Waals surface area contributed by atoms with E-state index in [-0.39, 0.29) is 12.5 Å². The number of nitrogens with zero attached hydrogens (tertiary/aromatic N) is 3. The summed E-state index contributed by atoms with van der Waals surface area (Å²) in [6, 6.07) is 10.1. The second-order valence-electron chi connectivity index (χ2n) is 6.54. The number of carbonyl (C=O) groups is 2. The molecule has 1 aliphatic heterocycles. The second-order valence-corrected chi connectivity index (χ2v) is 6.54. The Kier molecular flexibility index (Phi) is 7.36. The Labute approximate surface area is 148 Å². The van der Waals surface area contributed by atoms with Gasteiger partial charge in [-0.3, -0.25) is 14.5 Å². The monoisotopic (exact) mass is 349 g/mol. The van der Waals surface area contributed by atoms with Crippen molar-refractivity contribution in [2.24, 2.45) is 0 Å². The van der Waals surface area contributed by atoms with Crippen LogP contribution in [0.5, 0.6) is 0 Å². The molecule has 1 amide bonds. The summed E-state index contributed by atoms with van der Waals surface area (Å²) in [7, 11) is 3.78. The molecule has 1 aromatic rings. The number of carbonyl (C=O) groups excluding carboxylic acids is 1. The average molecular weight is 349 g/mol. The molecule has 0 bridgehead atoms. The maximum atomic E-state index is 12.7.